The summed E-state index contributed by atoms with van der Waals surface area (Å²) in [5.74, 6) is 0.0828. The van der Waals surface area contributed by atoms with Crippen LogP contribution in [-0.4, -0.2) is 41.5 Å². The number of nitrogens with one attached hydrogen (secondary N) is 1. The summed E-state index contributed by atoms with van der Waals surface area (Å²) < 4.78 is 0. The Hall–Kier alpha value is -0.320. The maximum absolute atomic E-state index is 12.1. The highest BCUT2D eigenvalue weighted by atomic mass is 35.5. The third kappa shape index (κ3) is 3.72. The van der Waals surface area contributed by atoms with Gasteiger partial charge >= 0.3 is 0 Å². The number of rotatable bonds is 4. The third-order valence-corrected chi connectivity index (χ3v) is 5.63. The van der Waals surface area contributed by atoms with Crippen LogP contribution in [0.3, 0.4) is 0 Å². The Balaban J connectivity index is 0.00000161. The average Bonchev–Trinajstić information content (AvgIpc) is 3.26. The first-order valence-electron chi connectivity index (χ1n) is 8.47. The molecule has 1 heterocycles. The fourth-order valence-electron chi connectivity index (χ4n) is 3.97. The van der Waals surface area contributed by atoms with Gasteiger partial charge in [-0.3, -0.25) is 9.69 Å². The van der Waals surface area contributed by atoms with E-state index in [1.54, 1.807) is 0 Å². The lowest BCUT2D eigenvalue weighted by Crippen LogP contribution is -2.59. The fraction of sp³-hybridized carbons (Fsp3) is 0.938. The highest BCUT2D eigenvalue weighted by Crippen LogP contribution is 2.36. The van der Waals surface area contributed by atoms with E-state index in [1.165, 1.54) is 64.5 Å². The molecule has 21 heavy (non-hydrogen) atoms. The Bertz CT molecular complexity index is 359. The lowest BCUT2D eigenvalue weighted by atomic mass is 9.79. The number of carbonyl (C=O) groups excluding carboxylic acids is 1. The Morgan fingerprint density at radius 3 is 2.10 bits per heavy atom. The number of carbonyl (C=O) groups is 1. The molecule has 0 spiro atoms. The van der Waals surface area contributed by atoms with E-state index in [1.807, 2.05) is 0 Å². The molecular formula is C16H30ClN3O. The molecular weight excluding hydrogens is 286 g/mol. The van der Waals surface area contributed by atoms with Crippen LogP contribution in [0.2, 0.25) is 0 Å². The predicted molar refractivity (Wildman–Crippen MR) is 87.7 cm³/mol. The quantitative estimate of drug-likeness (QED) is 0.836. The van der Waals surface area contributed by atoms with E-state index in [4.69, 9.17) is 5.73 Å². The van der Waals surface area contributed by atoms with Crippen molar-refractivity contribution in [2.45, 2.75) is 75.3 Å². The molecule has 0 aromatic carbocycles. The number of nitrogens with zero attached hydrogens (tertiary/aromatic N) is 1. The van der Waals surface area contributed by atoms with E-state index in [0.717, 1.165) is 19.4 Å². The molecule has 3 aliphatic rings. The molecule has 4 nitrogen and oxygen atoms in total. The summed E-state index contributed by atoms with van der Waals surface area (Å²) in [6, 6.07) is 0. The van der Waals surface area contributed by atoms with Gasteiger partial charge in [-0.2, -0.15) is 0 Å². The van der Waals surface area contributed by atoms with Gasteiger partial charge in [0.1, 0.15) is 0 Å². The first-order chi connectivity index (χ1) is 9.65. The number of nitrogens with two attached hydrogens (primary N) is 1. The van der Waals surface area contributed by atoms with Crippen molar-refractivity contribution in [1.82, 2.24) is 10.2 Å². The minimum absolute atomic E-state index is 0. The summed E-state index contributed by atoms with van der Waals surface area (Å²) >= 11 is 0. The van der Waals surface area contributed by atoms with E-state index < -0.39 is 5.54 Å². The van der Waals surface area contributed by atoms with Gasteiger partial charge in [0.25, 0.3) is 0 Å². The molecule has 122 valence electrons. The van der Waals surface area contributed by atoms with Gasteiger partial charge in [0, 0.05) is 12.1 Å². The molecule has 3 fully saturated rings. The highest BCUT2D eigenvalue weighted by molar-refractivity contribution is 5.89. The lowest BCUT2D eigenvalue weighted by molar-refractivity contribution is -0.124. The number of hydrogen-bond acceptors (Lipinski definition) is 3. The number of amides is 1. The molecule has 0 radical (unpaired) electrons. The van der Waals surface area contributed by atoms with Crippen LogP contribution in [0.4, 0.5) is 0 Å². The van der Waals surface area contributed by atoms with Gasteiger partial charge in [-0.15, -0.1) is 12.4 Å². The molecule has 0 bridgehead atoms. The van der Waals surface area contributed by atoms with Crippen molar-refractivity contribution in [3.63, 3.8) is 0 Å². The van der Waals surface area contributed by atoms with Gasteiger partial charge in [-0.05, 0) is 51.6 Å². The minimum Gasteiger partial charge on any atom is -0.353 e. The summed E-state index contributed by atoms with van der Waals surface area (Å²) in [7, 11) is 0. The molecule has 0 atom stereocenters. The van der Waals surface area contributed by atoms with Crippen LogP contribution in [0.25, 0.3) is 0 Å². The Kier molecular flexibility index (Phi) is 5.55. The van der Waals surface area contributed by atoms with Crippen LogP contribution >= 0.6 is 12.4 Å². The predicted octanol–water partition coefficient (Wildman–Crippen LogP) is 2.20. The van der Waals surface area contributed by atoms with Gasteiger partial charge < -0.3 is 11.1 Å². The van der Waals surface area contributed by atoms with Crippen molar-refractivity contribution < 1.29 is 4.79 Å². The molecule has 1 amide bonds. The first-order valence-corrected chi connectivity index (χ1v) is 8.47. The topological polar surface area (TPSA) is 58.4 Å². The van der Waals surface area contributed by atoms with Gasteiger partial charge in [-0.1, -0.05) is 25.7 Å². The molecule has 0 aromatic heterocycles. The second-order valence-electron chi connectivity index (χ2n) is 7.17. The summed E-state index contributed by atoms with van der Waals surface area (Å²) in [5, 5.41) is 3.19. The Morgan fingerprint density at radius 1 is 0.952 bits per heavy atom. The number of likely N-dealkylation sites (tertiary alicyclic amines) is 1. The standard InChI is InChI=1S/C16H29N3O.ClH/c17-16(9-10-16)14(20)18-13-15(7-3-1-4-8-15)19-11-5-2-6-12-19;/h1-13,17H2,(H,18,20);1H. The van der Waals surface area contributed by atoms with Gasteiger partial charge in [0.15, 0.2) is 0 Å². The molecule has 0 unspecified atom stereocenters. The zero-order valence-corrected chi connectivity index (χ0v) is 13.8. The Morgan fingerprint density at radius 2 is 1.52 bits per heavy atom. The fourth-order valence-corrected chi connectivity index (χ4v) is 3.97. The number of piperidine rings is 1. The lowest BCUT2D eigenvalue weighted by Gasteiger charge is -2.48. The van der Waals surface area contributed by atoms with Crippen LogP contribution in [0, 0.1) is 0 Å². The van der Waals surface area contributed by atoms with Crippen LogP contribution in [0.1, 0.15) is 64.2 Å². The number of halogens is 1. The zero-order chi connectivity index (χ0) is 14.1. The summed E-state index contributed by atoms with van der Waals surface area (Å²) in [5.41, 5.74) is 5.69. The number of hydrogen-bond donors (Lipinski definition) is 2. The third-order valence-electron chi connectivity index (χ3n) is 5.63. The minimum atomic E-state index is -0.530. The maximum atomic E-state index is 12.1. The molecule has 2 aliphatic carbocycles. The van der Waals surface area contributed by atoms with Gasteiger partial charge in [0.2, 0.25) is 5.91 Å². The van der Waals surface area contributed by atoms with Crippen molar-refractivity contribution in [1.29, 1.82) is 0 Å². The van der Waals surface area contributed by atoms with Crippen molar-refractivity contribution in [2.75, 3.05) is 19.6 Å². The maximum Gasteiger partial charge on any atom is 0.240 e. The molecule has 1 saturated heterocycles. The van der Waals surface area contributed by atoms with Crippen molar-refractivity contribution in [2.24, 2.45) is 5.73 Å². The first kappa shape index (κ1) is 17.0. The van der Waals surface area contributed by atoms with Crippen LogP contribution < -0.4 is 11.1 Å². The van der Waals surface area contributed by atoms with E-state index >= 15 is 0 Å². The van der Waals surface area contributed by atoms with E-state index in [2.05, 4.69) is 10.2 Å². The molecule has 1 aliphatic heterocycles. The SMILES string of the molecule is Cl.NC1(C(=O)NCC2(N3CCCCC3)CCCCC2)CC1. The van der Waals surface area contributed by atoms with Crippen molar-refractivity contribution >= 4 is 18.3 Å². The Labute approximate surface area is 134 Å². The van der Waals surface area contributed by atoms with Gasteiger partial charge in [-0.25, -0.2) is 0 Å². The monoisotopic (exact) mass is 315 g/mol. The van der Waals surface area contributed by atoms with E-state index in [0.29, 0.717) is 0 Å². The second-order valence-corrected chi connectivity index (χ2v) is 7.17. The molecule has 3 rings (SSSR count). The molecule has 5 heteroatoms. The summed E-state index contributed by atoms with van der Waals surface area (Å²) in [4.78, 5) is 14.8. The normalized spacial score (nSPS) is 27.5. The average molecular weight is 316 g/mol. The van der Waals surface area contributed by atoms with Crippen LogP contribution in [0.5, 0.6) is 0 Å². The molecule has 0 aromatic rings. The van der Waals surface area contributed by atoms with E-state index in [9.17, 15) is 4.79 Å². The second kappa shape index (κ2) is 6.84. The van der Waals surface area contributed by atoms with Crippen molar-refractivity contribution in [3.8, 4) is 0 Å². The zero-order valence-electron chi connectivity index (χ0n) is 13.0. The molecule has 3 N–H and O–H groups in total. The van der Waals surface area contributed by atoms with Gasteiger partial charge in [0.05, 0.1) is 5.54 Å². The highest BCUT2D eigenvalue weighted by Gasteiger charge is 2.47. The largest absolute Gasteiger partial charge is 0.353 e. The van der Waals surface area contributed by atoms with Crippen LogP contribution in [0.15, 0.2) is 0 Å². The smallest absolute Gasteiger partial charge is 0.240 e. The van der Waals surface area contributed by atoms with Crippen molar-refractivity contribution in [3.05, 3.63) is 0 Å². The molecule has 2 saturated carbocycles. The summed E-state index contributed by atoms with van der Waals surface area (Å²) in [6.07, 6.45) is 12.2. The summed E-state index contributed by atoms with van der Waals surface area (Å²) in [6.45, 7) is 3.23. The van der Waals surface area contributed by atoms with Crippen LogP contribution in [-0.2, 0) is 4.79 Å². The van der Waals surface area contributed by atoms with E-state index in [-0.39, 0.29) is 23.9 Å².